The van der Waals surface area contributed by atoms with Crippen LogP contribution >= 0.6 is 12.0 Å². The summed E-state index contributed by atoms with van der Waals surface area (Å²) in [4.78, 5) is 21.8. The minimum Gasteiger partial charge on any atom is -0.465 e. The van der Waals surface area contributed by atoms with Gasteiger partial charge in [0.05, 0.1) is 18.2 Å². The summed E-state index contributed by atoms with van der Waals surface area (Å²) in [5.74, 6) is -0.979. The van der Waals surface area contributed by atoms with Crippen molar-refractivity contribution in [3.8, 4) is 5.75 Å². The molecule has 0 aromatic heterocycles. The van der Waals surface area contributed by atoms with Gasteiger partial charge in [-0.1, -0.05) is 0 Å². The molecule has 18 heavy (non-hydrogen) atoms. The van der Waals surface area contributed by atoms with Crippen LogP contribution in [0.3, 0.4) is 0 Å². The molecule has 1 rings (SSSR count). The lowest BCUT2D eigenvalue weighted by atomic mass is 10.1. The number of halogens is 3. The molecule has 0 fully saturated rings. The van der Waals surface area contributed by atoms with Crippen LogP contribution in [0.25, 0.3) is 0 Å². The Hall–Kier alpha value is -1.70. The smallest absolute Gasteiger partial charge is 0.465 e. The average Bonchev–Trinajstić information content (AvgIpc) is 2.34. The molecule has 0 bridgehead atoms. The second-order valence-electron chi connectivity index (χ2n) is 2.97. The summed E-state index contributed by atoms with van der Waals surface area (Å²) >= 11 is -0.739. The molecule has 1 aromatic rings. The van der Waals surface area contributed by atoms with Gasteiger partial charge in [0, 0.05) is 0 Å². The lowest BCUT2D eigenvalue weighted by molar-refractivity contribution is -0.0370. The number of hydrogen-bond donors (Lipinski definition) is 0. The molecule has 0 heterocycles. The molecule has 0 saturated heterocycles. The first kappa shape index (κ1) is 14.4. The summed E-state index contributed by atoms with van der Waals surface area (Å²) in [7, 11) is 1.15. The molecule has 0 amide bonds. The van der Waals surface area contributed by atoms with Crippen LogP contribution in [0, 0.1) is 0 Å². The van der Waals surface area contributed by atoms with E-state index in [1.165, 1.54) is 6.07 Å². The summed E-state index contributed by atoms with van der Waals surface area (Å²) in [5, 5.41) is 0. The minimum atomic E-state index is -4.58. The molecule has 8 heteroatoms. The highest BCUT2D eigenvalue weighted by molar-refractivity contribution is 7.95. The van der Waals surface area contributed by atoms with Gasteiger partial charge < -0.3 is 8.92 Å². The van der Waals surface area contributed by atoms with Crippen LogP contribution in [-0.4, -0.2) is 24.9 Å². The highest BCUT2D eigenvalue weighted by Crippen LogP contribution is 2.33. The van der Waals surface area contributed by atoms with Crippen molar-refractivity contribution in [3.63, 3.8) is 0 Å². The zero-order chi connectivity index (χ0) is 13.8. The molecule has 0 saturated carbocycles. The highest BCUT2D eigenvalue weighted by Gasteiger charge is 2.31. The van der Waals surface area contributed by atoms with E-state index in [-0.39, 0.29) is 16.9 Å². The van der Waals surface area contributed by atoms with Crippen molar-refractivity contribution >= 4 is 24.3 Å². The average molecular weight is 280 g/mol. The monoisotopic (exact) mass is 280 g/mol. The van der Waals surface area contributed by atoms with E-state index in [9.17, 15) is 22.8 Å². The number of esters is 1. The Kier molecular flexibility index (Phi) is 4.60. The van der Waals surface area contributed by atoms with Gasteiger partial charge in [0.15, 0.2) is 18.3 Å². The highest BCUT2D eigenvalue weighted by atomic mass is 32.2. The number of methoxy groups -OCH3 is 1. The lowest BCUT2D eigenvalue weighted by Crippen LogP contribution is -2.05. The third-order valence-electron chi connectivity index (χ3n) is 1.78. The van der Waals surface area contributed by atoms with Crippen LogP contribution in [0.1, 0.15) is 20.7 Å². The fourth-order valence-corrected chi connectivity index (χ4v) is 1.39. The second kappa shape index (κ2) is 5.76. The largest absolute Gasteiger partial charge is 0.479 e. The van der Waals surface area contributed by atoms with E-state index in [2.05, 4.69) is 8.92 Å². The van der Waals surface area contributed by atoms with Gasteiger partial charge in [0.1, 0.15) is 5.75 Å². The maximum Gasteiger partial charge on any atom is 0.479 e. The van der Waals surface area contributed by atoms with Crippen LogP contribution in [0.5, 0.6) is 5.75 Å². The van der Waals surface area contributed by atoms with E-state index in [1.54, 1.807) is 0 Å². The van der Waals surface area contributed by atoms with Crippen LogP contribution in [0.15, 0.2) is 18.2 Å². The molecule has 0 N–H and O–H groups in total. The summed E-state index contributed by atoms with van der Waals surface area (Å²) in [5.41, 5.74) is -4.71. The van der Waals surface area contributed by atoms with Crippen LogP contribution in [-0.2, 0) is 4.74 Å². The van der Waals surface area contributed by atoms with Gasteiger partial charge in [-0.2, -0.15) is 13.2 Å². The number of hydrogen-bond acceptors (Lipinski definition) is 5. The summed E-state index contributed by atoms with van der Waals surface area (Å²) in [6.07, 6.45) is 0.290. The van der Waals surface area contributed by atoms with E-state index in [0.29, 0.717) is 6.29 Å². The quantitative estimate of drug-likeness (QED) is 0.482. The molecule has 98 valence electrons. The van der Waals surface area contributed by atoms with Gasteiger partial charge in [-0.15, -0.1) is 0 Å². The van der Waals surface area contributed by atoms with Crippen LogP contribution in [0.2, 0.25) is 0 Å². The van der Waals surface area contributed by atoms with Crippen molar-refractivity contribution in [2.45, 2.75) is 5.51 Å². The molecular formula is C10H7F3O4S. The molecular weight excluding hydrogens is 273 g/mol. The number of benzene rings is 1. The molecule has 0 spiro atoms. The van der Waals surface area contributed by atoms with Crippen molar-refractivity contribution in [2.24, 2.45) is 0 Å². The Labute approximate surface area is 104 Å². The van der Waals surface area contributed by atoms with Gasteiger partial charge in [-0.3, -0.25) is 4.79 Å². The van der Waals surface area contributed by atoms with E-state index >= 15 is 0 Å². The molecule has 0 radical (unpaired) electrons. The zero-order valence-corrected chi connectivity index (χ0v) is 9.80. The number of carbonyl (C=O) groups is 2. The number of rotatable bonds is 4. The molecule has 0 aliphatic rings. The fourth-order valence-electron chi connectivity index (χ4n) is 1.05. The summed E-state index contributed by atoms with van der Waals surface area (Å²) in [6, 6.07) is 3.38. The van der Waals surface area contributed by atoms with Crippen molar-refractivity contribution in [1.82, 2.24) is 0 Å². The van der Waals surface area contributed by atoms with Gasteiger partial charge >= 0.3 is 11.5 Å². The summed E-state index contributed by atoms with van der Waals surface area (Å²) < 4.78 is 44.5. The van der Waals surface area contributed by atoms with Crippen molar-refractivity contribution in [3.05, 3.63) is 29.3 Å². The predicted octanol–water partition coefficient (Wildman–Crippen LogP) is 2.83. The van der Waals surface area contributed by atoms with E-state index in [1.807, 2.05) is 0 Å². The lowest BCUT2D eigenvalue weighted by Gasteiger charge is -2.09. The molecule has 0 aliphatic carbocycles. The van der Waals surface area contributed by atoms with E-state index < -0.39 is 23.5 Å². The second-order valence-corrected chi connectivity index (χ2v) is 3.77. The fraction of sp³-hybridized carbons (Fsp3) is 0.200. The standard InChI is InChI=1S/C10H7F3O4S/c1-16-9(15)6-2-3-8(7(4-6)5-14)17-18-10(11,12)13/h2-5H,1H3. The van der Waals surface area contributed by atoms with Crippen molar-refractivity contribution in [2.75, 3.05) is 7.11 Å². The Morgan fingerprint density at radius 3 is 2.56 bits per heavy atom. The molecule has 0 atom stereocenters. The minimum absolute atomic E-state index is 0.0453. The Morgan fingerprint density at radius 2 is 2.06 bits per heavy atom. The van der Waals surface area contributed by atoms with Crippen LogP contribution in [0.4, 0.5) is 13.2 Å². The molecule has 0 unspecified atom stereocenters. The molecule has 4 nitrogen and oxygen atoms in total. The van der Waals surface area contributed by atoms with Crippen molar-refractivity contribution < 1.29 is 31.7 Å². The number of carbonyl (C=O) groups excluding carboxylic acids is 2. The number of alkyl halides is 3. The van der Waals surface area contributed by atoms with Crippen molar-refractivity contribution in [1.29, 1.82) is 0 Å². The van der Waals surface area contributed by atoms with E-state index in [0.717, 1.165) is 19.2 Å². The first-order valence-corrected chi connectivity index (χ1v) is 5.21. The molecule has 1 aromatic carbocycles. The predicted molar refractivity (Wildman–Crippen MR) is 57.4 cm³/mol. The topological polar surface area (TPSA) is 52.6 Å². The Balaban J connectivity index is 2.94. The first-order chi connectivity index (χ1) is 8.37. The van der Waals surface area contributed by atoms with Crippen LogP contribution < -0.4 is 4.18 Å². The van der Waals surface area contributed by atoms with Gasteiger partial charge in [-0.05, 0) is 18.2 Å². The van der Waals surface area contributed by atoms with Gasteiger partial charge in [-0.25, -0.2) is 4.79 Å². The zero-order valence-electron chi connectivity index (χ0n) is 8.98. The number of aldehydes is 1. The third-order valence-corrected chi connectivity index (χ3v) is 2.24. The third kappa shape index (κ3) is 3.95. The first-order valence-electron chi connectivity index (χ1n) is 4.47. The number of ether oxygens (including phenoxy) is 1. The van der Waals surface area contributed by atoms with Gasteiger partial charge in [0.25, 0.3) is 0 Å². The van der Waals surface area contributed by atoms with Gasteiger partial charge in [0.2, 0.25) is 0 Å². The normalized spacial score (nSPS) is 10.9. The maximum atomic E-state index is 11.9. The summed E-state index contributed by atoms with van der Waals surface area (Å²) in [6.45, 7) is 0. The molecule has 0 aliphatic heterocycles. The SMILES string of the molecule is COC(=O)c1ccc(OSC(F)(F)F)c(C=O)c1. The Bertz CT molecular complexity index is 459. The Morgan fingerprint density at radius 1 is 1.39 bits per heavy atom. The van der Waals surface area contributed by atoms with E-state index in [4.69, 9.17) is 0 Å². The maximum absolute atomic E-state index is 11.9.